The molecule has 25 heavy (non-hydrogen) atoms. The van der Waals surface area contributed by atoms with E-state index in [4.69, 9.17) is 14.1 Å². The molecule has 0 aliphatic carbocycles. The summed E-state index contributed by atoms with van der Waals surface area (Å²) < 4.78 is 10.5. The van der Waals surface area contributed by atoms with Crippen molar-refractivity contribution in [2.75, 3.05) is 46.4 Å². The summed E-state index contributed by atoms with van der Waals surface area (Å²) in [7, 11) is 1.71. The second-order valence-corrected chi connectivity index (χ2v) is 7.20. The number of ether oxygens (including phenoxy) is 1. The van der Waals surface area contributed by atoms with E-state index in [1.165, 1.54) is 32.4 Å². The zero-order valence-electron chi connectivity index (χ0n) is 16.0. The van der Waals surface area contributed by atoms with Gasteiger partial charge in [-0.3, -0.25) is 9.89 Å². The number of rotatable bonds is 9. The highest BCUT2D eigenvalue weighted by molar-refractivity contribution is 5.79. The first-order valence-electron chi connectivity index (χ1n) is 9.40. The van der Waals surface area contributed by atoms with Crippen LogP contribution >= 0.6 is 0 Å². The number of hydrogen-bond acceptors (Lipinski definition) is 4. The van der Waals surface area contributed by atoms with E-state index in [9.17, 15) is 0 Å². The summed E-state index contributed by atoms with van der Waals surface area (Å²) in [5.74, 6) is 1.83. The number of nitrogens with zero attached hydrogens (tertiary/aromatic N) is 2. The van der Waals surface area contributed by atoms with Crippen LogP contribution in [0, 0.1) is 0 Å². The lowest BCUT2D eigenvalue weighted by molar-refractivity contribution is 0.102. The molecule has 2 rings (SSSR count). The summed E-state index contributed by atoms with van der Waals surface area (Å²) in [4.78, 5) is 7.39. The summed E-state index contributed by atoms with van der Waals surface area (Å²) in [6, 6.07) is 3.92. The summed E-state index contributed by atoms with van der Waals surface area (Å²) >= 11 is 0. The molecule has 142 valence electrons. The van der Waals surface area contributed by atoms with Crippen LogP contribution in [0.2, 0.25) is 0 Å². The molecule has 2 N–H and O–H groups in total. The molecule has 1 fully saturated rings. The summed E-state index contributed by atoms with van der Waals surface area (Å²) in [5, 5.41) is 6.74. The molecule has 6 nitrogen and oxygen atoms in total. The Morgan fingerprint density at radius 3 is 2.68 bits per heavy atom. The topological polar surface area (TPSA) is 62.0 Å². The molecule has 0 unspecified atom stereocenters. The smallest absolute Gasteiger partial charge is 0.191 e. The van der Waals surface area contributed by atoms with Gasteiger partial charge in [-0.25, -0.2) is 0 Å². The molecule has 1 aliphatic heterocycles. The molecule has 1 saturated heterocycles. The fourth-order valence-corrected chi connectivity index (χ4v) is 3.08. The van der Waals surface area contributed by atoms with Gasteiger partial charge in [0.2, 0.25) is 0 Å². The van der Waals surface area contributed by atoms with Crippen LogP contribution in [0.3, 0.4) is 0 Å². The molecular weight excluding hydrogens is 316 g/mol. The SMILES string of the molecule is COCCNC(=NCC(C)(C)N1CCCCC1)NCCc1ccco1. The second kappa shape index (κ2) is 10.5. The Bertz CT molecular complexity index is 494. The molecule has 1 aromatic rings. The Balaban J connectivity index is 1.86. The van der Waals surface area contributed by atoms with E-state index in [2.05, 4.69) is 29.4 Å². The van der Waals surface area contributed by atoms with Crippen LogP contribution in [0.15, 0.2) is 27.8 Å². The highest BCUT2D eigenvalue weighted by Gasteiger charge is 2.27. The van der Waals surface area contributed by atoms with Crippen molar-refractivity contribution >= 4 is 5.96 Å². The summed E-state index contributed by atoms with van der Waals surface area (Å²) in [6.07, 6.45) is 6.50. The van der Waals surface area contributed by atoms with E-state index in [0.29, 0.717) is 6.61 Å². The van der Waals surface area contributed by atoms with Gasteiger partial charge < -0.3 is 19.8 Å². The number of hydrogen-bond donors (Lipinski definition) is 2. The molecule has 0 bridgehead atoms. The van der Waals surface area contributed by atoms with Crippen molar-refractivity contribution in [3.63, 3.8) is 0 Å². The molecule has 1 aliphatic rings. The lowest BCUT2D eigenvalue weighted by Crippen LogP contribution is -2.49. The number of furan rings is 1. The van der Waals surface area contributed by atoms with Gasteiger partial charge in [-0.05, 0) is 51.9 Å². The van der Waals surface area contributed by atoms with Gasteiger partial charge in [0.25, 0.3) is 0 Å². The molecular formula is C19H34N4O2. The van der Waals surface area contributed by atoms with Gasteiger partial charge >= 0.3 is 0 Å². The van der Waals surface area contributed by atoms with Gasteiger partial charge in [-0.1, -0.05) is 6.42 Å². The Morgan fingerprint density at radius 2 is 2.00 bits per heavy atom. The molecule has 2 heterocycles. The lowest BCUT2D eigenvalue weighted by Gasteiger charge is -2.40. The maximum atomic E-state index is 5.38. The Morgan fingerprint density at radius 1 is 1.24 bits per heavy atom. The second-order valence-electron chi connectivity index (χ2n) is 7.20. The first-order valence-corrected chi connectivity index (χ1v) is 9.40. The molecule has 0 radical (unpaired) electrons. The highest BCUT2D eigenvalue weighted by Crippen LogP contribution is 2.20. The normalized spacial score (nSPS) is 16.8. The number of methoxy groups -OCH3 is 1. The van der Waals surface area contributed by atoms with E-state index >= 15 is 0 Å². The van der Waals surface area contributed by atoms with Gasteiger partial charge in [-0.2, -0.15) is 0 Å². The number of piperidine rings is 1. The number of guanidine groups is 1. The van der Waals surface area contributed by atoms with E-state index in [1.54, 1.807) is 13.4 Å². The third-order valence-electron chi connectivity index (χ3n) is 4.68. The molecule has 0 aromatic carbocycles. The van der Waals surface area contributed by atoms with E-state index < -0.39 is 0 Å². The van der Waals surface area contributed by atoms with Crippen LogP contribution in [0.5, 0.6) is 0 Å². The van der Waals surface area contributed by atoms with Crippen LogP contribution < -0.4 is 10.6 Å². The minimum absolute atomic E-state index is 0.0807. The van der Waals surface area contributed by atoms with Gasteiger partial charge in [0.15, 0.2) is 5.96 Å². The van der Waals surface area contributed by atoms with Gasteiger partial charge in [0.05, 0.1) is 19.4 Å². The Kier molecular flexibility index (Phi) is 8.28. The maximum Gasteiger partial charge on any atom is 0.191 e. The van der Waals surface area contributed by atoms with E-state index in [1.807, 2.05) is 12.1 Å². The largest absolute Gasteiger partial charge is 0.469 e. The monoisotopic (exact) mass is 350 g/mol. The molecule has 0 atom stereocenters. The average molecular weight is 351 g/mol. The third-order valence-corrected chi connectivity index (χ3v) is 4.68. The van der Waals surface area contributed by atoms with Crippen molar-refractivity contribution in [3.05, 3.63) is 24.2 Å². The zero-order chi connectivity index (χ0) is 18.0. The number of likely N-dealkylation sites (tertiary alicyclic amines) is 1. The van der Waals surface area contributed by atoms with Gasteiger partial charge in [0.1, 0.15) is 5.76 Å². The van der Waals surface area contributed by atoms with Crippen molar-refractivity contribution in [1.82, 2.24) is 15.5 Å². The molecule has 6 heteroatoms. The fourth-order valence-electron chi connectivity index (χ4n) is 3.08. The van der Waals surface area contributed by atoms with Crippen LogP contribution in [0.1, 0.15) is 38.9 Å². The average Bonchev–Trinajstić information content (AvgIpc) is 3.13. The van der Waals surface area contributed by atoms with Crippen LogP contribution in [-0.2, 0) is 11.2 Å². The predicted molar refractivity (Wildman–Crippen MR) is 102 cm³/mol. The Hall–Kier alpha value is -1.53. The van der Waals surface area contributed by atoms with Crippen LogP contribution in [0.25, 0.3) is 0 Å². The van der Waals surface area contributed by atoms with Crippen LogP contribution in [-0.4, -0.2) is 62.8 Å². The van der Waals surface area contributed by atoms with Crippen molar-refractivity contribution in [2.24, 2.45) is 4.99 Å². The third kappa shape index (κ3) is 7.08. The van der Waals surface area contributed by atoms with Gasteiger partial charge in [-0.15, -0.1) is 0 Å². The quantitative estimate of drug-likeness (QED) is 0.406. The number of nitrogens with one attached hydrogen (secondary N) is 2. The standard InChI is InChI=1S/C19H34N4O2/c1-19(2,23-12-5-4-6-13-23)16-22-18(21-11-15-24-3)20-10-9-17-8-7-14-25-17/h7-8,14H,4-6,9-13,15-16H2,1-3H3,(H2,20,21,22). The fraction of sp³-hybridized carbons (Fsp3) is 0.737. The first-order chi connectivity index (χ1) is 12.1. The number of aliphatic imine (C=N–C) groups is 1. The Labute approximate surface area is 152 Å². The minimum atomic E-state index is 0.0807. The summed E-state index contributed by atoms with van der Waals surface area (Å²) in [6.45, 7) is 9.91. The van der Waals surface area contributed by atoms with Crippen molar-refractivity contribution in [3.8, 4) is 0 Å². The predicted octanol–water partition coefficient (Wildman–Crippen LogP) is 2.27. The van der Waals surface area contributed by atoms with Crippen LogP contribution in [0.4, 0.5) is 0 Å². The lowest BCUT2D eigenvalue weighted by atomic mass is 9.99. The molecule has 0 saturated carbocycles. The van der Waals surface area contributed by atoms with Gasteiger partial charge in [0, 0.05) is 32.2 Å². The molecule has 0 spiro atoms. The van der Waals surface area contributed by atoms with Crippen molar-refractivity contribution in [2.45, 2.75) is 45.1 Å². The highest BCUT2D eigenvalue weighted by atomic mass is 16.5. The minimum Gasteiger partial charge on any atom is -0.469 e. The van der Waals surface area contributed by atoms with E-state index in [-0.39, 0.29) is 5.54 Å². The van der Waals surface area contributed by atoms with Crippen molar-refractivity contribution < 1.29 is 9.15 Å². The molecule has 0 amide bonds. The summed E-state index contributed by atoms with van der Waals surface area (Å²) in [5.41, 5.74) is 0.0807. The maximum absolute atomic E-state index is 5.38. The molecule has 1 aromatic heterocycles. The van der Waals surface area contributed by atoms with Crippen molar-refractivity contribution in [1.29, 1.82) is 0 Å². The first kappa shape index (κ1) is 19.8. The van der Waals surface area contributed by atoms with E-state index in [0.717, 1.165) is 37.8 Å². The zero-order valence-corrected chi connectivity index (χ0v) is 16.0.